The first-order chi connectivity index (χ1) is 11.8. The lowest BCUT2D eigenvalue weighted by molar-refractivity contribution is -0.137. The number of thiophene rings is 1. The van der Waals surface area contributed by atoms with E-state index in [-0.39, 0.29) is 16.4 Å². The number of fused-ring (bicyclic) bond motifs is 1. The van der Waals surface area contributed by atoms with Crippen molar-refractivity contribution in [1.82, 2.24) is 0 Å². The van der Waals surface area contributed by atoms with Crippen LogP contribution < -0.4 is 11.5 Å². The molecule has 0 saturated heterocycles. The van der Waals surface area contributed by atoms with Crippen LogP contribution in [0.4, 0.5) is 13.2 Å². The molecule has 4 N–H and O–H groups in total. The number of nitrogens with two attached hydrogens (primary N) is 2. The third-order valence-electron chi connectivity index (χ3n) is 3.53. The molecule has 0 aliphatic rings. The van der Waals surface area contributed by atoms with Crippen molar-refractivity contribution in [3.05, 3.63) is 59.0 Å². The van der Waals surface area contributed by atoms with Crippen molar-refractivity contribution in [3.63, 3.8) is 0 Å². The topological polar surface area (TPSA) is 81.5 Å². The zero-order valence-corrected chi connectivity index (χ0v) is 13.5. The van der Waals surface area contributed by atoms with Crippen LogP contribution in [-0.2, 0) is 6.18 Å². The third-order valence-corrected chi connectivity index (χ3v) is 4.61. The number of rotatable bonds is 2. The van der Waals surface area contributed by atoms with Crippen LogP contribution in [0.25, 0.3) is 21.2 Å². The lowest BCUT2D eigenvalue weighted by Crippen LogP contribution is -2.24. The quantitative estimate of drug-likeness (QED) is 0.533. The van der Waals surface area contributed by atoms with Crippen molar-refractivity contribution >= 4 is 33.3 Å². The highest BCUT2D eigenvalue weighted by Crippen LogP contribution is 2.41. The molecule has 0 aliphatic carbocycles. The van der Waals surface area contributed by atoms with E-state index in [4.69, 9.17) is 11.5 Å². The number of carbonyl (C=O) groups excluding carboxylic acids is 1. The fraction of sp³-hybridized carbons (Fsp3) is 0.0588. The maximum absolute atomic E-state index is 13.3. The standard InChI is InChI=1S/C17H12F3N3OS/c18-17(19,20)12-6-2-1-4-10(12)9-5-3-7-13-11(9)8-14(25-13)15(24)23-16(21)22/h1-8H,(H4,21,22,23,24). The van der Waals surface area contributed by atoms with Gasteiger partial charge in [-0.25, -0.2) is 0 Å². The molecule has 3 aromatic rings. The Bertz CT molecular complexity index is 988. The number of hydrogen-bond donors (Lipinski definition) is 2. The summed E-state index contributed by atoms with van der Waals surface area (Å²) in [6, 6.07) is 11.8. The molecule has 128 valence electrons. The lowest BCUT2D eigenvalue weighted by atomic mass is 9.96. The van der Waals surface area contributed by atoms with E-state index in [0.29, 0.717) is 15.6 Å². The zero-order chi connectivity index (χ0) is 18.2. The number of aliphatic imine (C=N–C) groups is 1. The molecule has 1 heterocycles. The van der Waals surface area contributed by atoms with Gasteiger partial charge in [-0.1, -0.05) is 30.3 Å². The Morgan fingerprint density at radius 1 is 1.00 bits per heavy atom. The molecule has 0 unspecified atom stereocenters. The molecule has 0 bridgehead atoms. The molecule has 0 aliphatic heterocycles. The summed E-state index contributed by atoms with van der Waals surface area (Å²) in [5, 5.41) is 0.540. The molecule has 3 rings (SSSR count). The highest BCUT2D eigenvalue weighted by atomic mass is 32.1. The second-order valence-corrected chi connectivity index (χ2v) is 6.30. The van der Waals surface area contributed by atoms with E-state index in [1.54, 1.807) is 24.3 Å². The minimum absolute atomic E-state index is 0.0549. The molecule has 8 heteroatoms. The maximum Gasteiger partial charge on any atom is 0.417 e. The molecule has 1 aromatic heterocycles. The van der Waals surface area contributed by atoms with Gasteiger partial charge in [0.25, 0.3) is 5.91 Å². The van der Waals surface area contributed by atoms with Gasteiger partial charge in [0.1, 0.15) is 0 Å². The minimum Gasteiger partial charge on any atom is -0.370 e. The first-order valence-corrected chi connectivity index (χ1v) is 7.92. The van der Waals surface area contributed by atoms with Gasteiger partial charge in [0.05, 0.1) is 10.4 Å². The van der Waals surface area contributed by atoms with Crippen molar-refractivity contribution in [3.8, 4) is 11.1 Å². The second kappa shape index (κ2) is 6.21. The fourth-order valence-corrected chi connectivity index (χ4v) is 3.51. The van der Waals surface area contributed by atoms with Crippen LogP contribution in [0.5, 0.6) is 0 Å². The predicted octanol–water partition coefficient (Wildman–Crippen LogP) is 4.00. The number of alkyl halides is 3. The average Bonchev–Trinajstić information content (AvgIpc) is 2.97. The number of nitrogens with zero attached hydrogens (tertiary/aromatic N) is 1. The summed E-state index contributed by atoms with van der Waals surface area (Å²) < 4.78 is 40.6. The largest absolute Gasteiger partial charge is 0.417 e. The summed E-state index contributed by atoms with van der Waals surface area (Å²) >= 11 is 1.12. The number of benzene rings is 2. The third kappa shape index (κ3) is 3.34. The van der Waals surface area contributed by atoms with Crippen molar-refractivity contribution in [1.29, 1.82) is 0 Å². The van der Waals surface area contributed by atoms with E-state index in [1.165, 1.54) is 18.2 Å². The van der Waals surface area contributed by atoms with Crippen molar-refractivity contribution in [2.24, 2.45) is 16.5 Å². The molecule has 0 saturated carbocycles. The van der Waals surface area contributed by atoms with Gasteiger partial charge in [-0.15, -0.1) is 11.3 Å². The van der Waals surface area contributed by atoms with E-state index < -0.39 is 17.6 Å². The Morgan fingerprint density at radius 3 is 2.36 bits per heavy atom. The van der Waals surface area contributed by atoms with Crippen molar-refractivity contribution in [2.75, 3.05) is 0 Å². The van der Waals surface area contributed by atoms with Gasteiger partial charge >= 0.3 is 6.18 Å². The van der Waals surface area contributed by atoms with E-state index >= 15 is 0 Å². The van der Waals surface area contributed by atoms with Gasteiger partial charge in [0, 0.05) is 10.1 Å². The maximum atomic E-state index is 13.3. The van der Waals surface area contributed by atoms with Crippen LogP contribution in [0.15, 0.2) is 53.5 Å². The van der Waals surface area contributed by atoms with E-state index in [9.17, 15) is 18.0 Å². The zero-order valence-electron chi connectivity index (χ0n) is 12.7. The number of amides is 1. The smallest absolute Gasteiger partial charge is 0.370 e. The van der Waals surface area contributed by atoms with Crippen LogP contribution in [0.3, 0.4) is 0 Å². The molecule has 0 atom stereocenters. The van der Waals surface area contributed by atoms with Gasteiger partial charge < -0.3 is 11.5 Å². The van der Waals surface area contributed by atoms with Crippen LogP contribution >= 0.6 is 11.3 Å². The summed E-state index contributed by atoms with van der Waals surface area (Å²) in [5.74, 6) is -0.999. The normalized spacial score (nSPS) is 11.5. The van der Waals surface area contributed by atoms with Gasteiger partial charge in [-0.3, -0.25) is 4.79 Å². The number of hydrogen-bond acceptors (Lipinski definition) is 2. The Balaban J connectivity index is 2.21. The molecular formula is C17H12F3N3OS. The Labute approximate surface area is 144 Å². The summed E-state index contributed by atoms with van der Waals surface area (Å²) in [7, 11) is 0. The lowest BCUT2D eigenvalue weighted by Gasteiger charge is -2.13. The van der Waals surface area contributed by atoms with E-state index in [1.807, 2.05) is 0 Å². The molecule has 25 heavy (non-hydrogen) atoms. The molecule has 4 nitrogen and oxygen atoms in total. The van der Waals surface area contributed by atoms with Gasteiger partial charge in [-0.05, 0) is 29.3 Å². The molecule has 0 radical (unpaired) electrons. The SMILES string of the molecule is NC(N)=NC(=O)c1cc2c(-c3ccccc3C(F)(F)F)cccc2s1. The molecule has 0 fully saturated rings. The number of carbonyl (C=O) groups is 1. The second-order valence-electron chi connectivity index (χ2n) is 5.21. The first-order valence-electron chi connectivity index (χ1n) is 7.10. The number of halogens is 3. The molecule has 2 aromatic carbocycles. The summed E-state index contributed by atoms with van der Waals surface area (Å²) in [6.45, 7) is 0. The Morgan fingerprint density at radius 2 is 1.68 bits per heavy atom. The van der Waals surface area contributed by atoms with Crippen LogP contribution in [-0.4, -0.2) is 11.9 Å². The van der Waals surface area contributed by atoms with E-state index in [0.717, 1.165) is 17.4 Å². The number of guanidine groups is 1. The van der Waals surface area contributed by atoms with Crippen molar-refractivity contribution < 1.29 is 18.0 Å². The summed E-state index contributed by atoms with van der Waals surface area (Å²) in [4.78, 5) is 15.7. The highest BCUT2D eigenvalue weighted by Gasteiger charge is 2.33. The molecule has 0 spiro atoms. The summed E-state index contributed by atoms with van der Waals surface area (Å²) in [5.41, 5.74) is 10.1. The van der Waals surface area contributed by atoms with Crippen LogP contribution in [0, 0.1) is 0 Å². The van der Waals surface area contributed by atoms with Crippen molar-refractivity contribution in [2.45, 2.75) is 6.18 Å². The van der Waals surface area contributed by atoms with Gasteiger partial charge in [-0.2, -0.15) is 18.2 Å². The van der Waals surface area contributed by atoms with Crippen LogP contribution in [0.1, 0.15) is 15.2 Å². The monoisotopic (exact) mass is 363 g/mol. The van der Waals surface area contributed by atoms with Gasteiger partial charge in [0.15, 0.2) is 5.96 Å². The Hall–Kier alpha value is -2.87. The van der Waals surface area contributed by atoms with Gasteiger partial charge in [0.2, 0.25) is 0 Å². The molecule has 1 amide bonds. The average molecular weight is 363 g/mol. The predicted molar refractivity (Wildman–Crippen MR) is 92.4 cm³/mol. The highest BCUT2D eigenvalue weighted by molar-refractivity contribution is 7.20. The fourth-order valence-electron chi connectivity index (χ4n) is 2.54. The Kier molecular flexibility index (Phi) is 4.22. The first kappa shape index (κ1) is 17.0. The van der Waals surface area contributed by atoms with E-state index in [2.05, 4.69) is 4.99 Å². The summed E-state index contributed by atoms with van der Waals surface area (Å²) in [6.07, 6.45) is -4.48. The minimum atomic E-state index is -4.48. The molecular weight excluding hydrogens is 351 g/mol. The van der Waals surface area contributed by atoms with Crippen LogP contribution in [0.2, 0.25) is 0 Å².